The van der Waals surface area contributed by atoms with Crippen molar-refractivity contribution < 1.29 is 14.2 Å². The quantitative estimate of drug-likeness (QED) is 0.760. The molecule has 2 rings (SSSR count). The first-order chi connectivity index (χ1) is 9.19. The fraction of sp³-hybridized carbons (Fsp3) is 0.286. The van der Waals surface area contributed by atoms with Gasteiger partial charge >= 0.3 is 0 Å². The SMILES string of the molecule is COc1csc(C(Br)c2cc(OC)ccc2OC)c1. The molecule has 0 saturated heterocycles. The van der Waals surface area contributed by atoms with Crippen LogP contribution in [0.1, 0.15) is 15.3 Å². The summed E-state index contributed by atoms with van der Waals surface area (Å²) in [4.78, 5) is 1.20. The largest absolute Gasteiger partial charge is 0.497 e. The van der Waals surface area contributed by atoms with Gasteiger partial charge in [0.1, 0.15) is 17.2 Å². The summed E-state index contributed by atoms with van der Waals surface area (Å²) < 4.78 is 15.9. The predicted molar refractivity (Wildman–Crippen MR) is 81.2 cm³/mol. The Kier molecular flexibility index (Phi) is 4.71. The summed E-state index contributed by atoms with van der Waals surface area (Å²) in [5.74, 6) is 2.50. The number of hydrogen-bond donors (Lipinski definition) is 0. The van der Waals surface area contributed by atoms with Crippen LogP contribution in [-0.2, 0) is 0 Å². The van der Waals surface area contributed by atoms with E-state index >= 15 is 0 Å². The minimum atomic E-state index is 0.0476. The normalized spacial score (nSPS) is 12.0. The molecule has 1 atom stereocenters. The zero-order valence-electron chi connectivity index (χ0n) is 11.0. The first-order valence-electron chi connectivity index (χ1n) is 5.68. The average Bonchev–Trinajstić information content (AvgIpc) is 2.94. The predicted octanol–water partition coefficient (Wildman–Crippen LogP) is 4.26. The van der Waals surface area contributed by atoms with E-state index in [9.17, 15) is 0 Å². The van der Waals surface area contributed by atoms with Crippen LogP contribution in [-0.4, -0.2) is 21.3 Å². The molecule has 3 nitrogen and oxygen atoms in total. The van der Waals surface area contributed by atoms with Crippen LogP contribution in [0.2, 0.25) is 0 Å². The lowest BCUT2D eigenvalue weighted by Crippen LogP contribution is -1.96. The highest BCUT2D eigenvalue weighted by Gasteiger charge is 2.18. The zero-order valence-corrected chi connectivity index (χ0v) is 13.4. The van der Waals surface area contributed by atoms with E-state index in [2.05, 4.69) is 15.9 Å². The second-order valence-corrected chi connectivity index (χ2v) is 5.72. The summed E-state index contributed by atoms with van der Waals surface area (Å²) in [5, 5.41) is 1.98. The molecule has 0 bridgehead atoms. The second kappa shape index (κ2) is 6.30. The molecule has 5 heteroatoms. The Labute approximate surface area is 125 Å². The molecule has 19 heavy (non-hydrogen) atoms. The Morgan fingerprint density at radius 1 is 1.00 bits per heavy atom. The first kappa shape index (κ1) is 14.2. The number of thiophene rings is 1. The fourth-order valence-corrected chi connectivity index (χ4v) is 3.43. The van der Waals surface area contributed by atoms with E-state index in [0.29, 0.717) is 0 Å². The van der Waals surface area contributed by atoms with Gasteiger partial charge in [0, 0.05) is 15.8 Å². The number of halogens is 1. The topological polar surface area (TPSA) is 27.7 Å². The van der Waals surface area contributed by atoms with Crippen molar-refractivity contribution in [3.63, 3.8) is 0 Å². The number of benzene rings is 1. The minimum absolute atomic E-state index is 0.0476. The Morgan fingerprint density at radius 2 is 1.74 bits per heavy atom. The van der Waals surface area contributed by atoms with Gasteiger partial charge in [-0.1, -0.05) is 15.9 Å². The maximum atomic E-state index is 5.41. The number of alkyl halides is 1. The van der Waals surface area contributed by atoms with E-state index in [1.165, 1.54) is 0 Å². The second-order valence-electron chi connectivity index (χ2n) is 3.86. The Hall–Kier alpha value is -1.20. The van der Waals surface area contributed by atoms with E-state index in [0.717, 1.165) is 27.7 Å². The highest BCUT2D eigenvalue weighted by atomic mass is 79.9. The van der Waals surface area contributed by atoms with Gasteiger partial charge in [-0.05, 0) is 24.3 Å². The van der Waals surface area contributed by atoms with Crippen LogP contribution < -0.4 is 14.2 Å². The Morgan fingerprint density at radius 3 is 2.32 bits per heavy atom. The zero-order chi connectivity index (χ0) is 13.8. The third kappa shape index (κ3) is 3.04. The van der Waals surface area contributed by atoms with Gasteiger partial charge in [-0.15, -0.1) is 11.3 Å². The van der Waals surface area contributed by atoms with Crippen molar-refractivity contribution in [3.8, 4) is 17.2 Å². The molecule has 1 heterocycles. The van der Waals surface area contributed by atoms with Gasteiger partial charge in [0.25, 0.3) is 0 Å². The van der Waals surface area contributed by atoms with Crippen molar-refractivity contribution in [2.45, 2.75) is 4.83 Å². The molecular weight excluding hydrogens is 328 g/mol. The summed E-state index contributed by atoms with van der Waals surface area (Å²) in [5.41, 5.74) is 1.03. The van der Waals surface area contributed by atoms with Crippen molar-refractivity contribution in [2.24, 2.45) is 0 Å². The molecule has 2 aromatic rings. The van der Waals surface area contributed by atoms with E-state index in [4.69, 9.17) is 14.2 Å². The molecule has 0 aliphatic rings. The Balaban J connectivity index is 2.38. The molecule has 1 aromatic heterocycles. The molecule has 0 aliphatic heterocycles. The molecule has 1 unspecified atom stereocenters. The molecule has 1 aromatic carbocycles. The molecule has 0 amide bonds. The van der Waals surface area contributed by atoms with Crippen molar-refractivity contribution in [1.29, 1.82) is 0 Å². The lowest BCUT2D eigenvalue weighted by atomic mass is 10.1. The van der Waals surface area contributed by atoms with Crippen LogP contribution in [0.5, 0.6) is 17.2 Å². The maximum absolute atomic E-state index is 5.41. The van der Waals surface area contributed by atoms with Crippen LogP contribution >= 0.6 is 27.3 Å². The lowest BCUT2D eigenvalue weighted by molar-refractivity contribution is 0.399. The van der Waals surface area contributed by atoms with E-state index in [-0.39, 0.29) is 4.83 Å². The highest BCUT2D eigenvalue weighted by molar-refractivity contribution is 9.09. The van der Waals surface area contributed by atoms with Gasteiger partial charge in [0.15, 0.2) is 0 Å². The molecule has 0 aliphatic carbocycles. The third-order valence-electron chi connectivity index (χ3n) is 2.79. The average molecular weight is 343 g/mol. The van der Waals surface area contributed by atoms with Crippen LogP contribution in [0.25, 0.3) is 0 Å². The fourth-order valence-electron chi connectivity index (χ4n) is 1.77. The van der Waals surface area contributed by atoms with Crippen LogP contribution in [0, 0.1) is 0 Å². The highest BCUT2D eigenvalue weighted by Crippen LogP contribution is 2.41. The van der Waals surface area contributed by atoms with E-state index in [1.807, 2.05) is 29.6 Å². The van der Waals surface area contributed by atoms with E-state index < -0.39 is 0 Å². The summed E-state index contributed by atoms with van der Waals surface area (Å²) in [6.07, 6.45) is 0. The standard InChI is InChI=1S/C14H15BrO3S/c1-16-9-4-5-12(18-3)11(6-9)14(15)13-7-10(17-2)8-19-13/h4-8,14H,1-3H3. The van der Waals surface area contributed by atoms with Crippen LogP contribution in [0.4, 0.5) is 0 Å². The van der Waals surface area contributed by atoms with Gasteiger partial charge in [0.05, 0.1) is 26.2 Å². The van der Waals surface area contributed by atoms with Crippen molar-refractivity contribution in [2.75, 3.05) is 21.3 Å². The minimum Gasteiger partial charge on any atom is -0.497 e. The number of rotatable bonds is 5. The molecule has 0 radical (unpaired) electrons. The third-order valence-corrected chi connectivity index (χ3v) is 5.06. The number of hydrogen-bond acceptors (Lipinski definition) is 4. The van der Waals surface area contributed by atoms with Crippen LogP contribution in [0.15, 0.2) is 29.6 Å². The molecule has 0 spiro atoms. The molecular formula is C14H15BrO3S. The summed E-state index contributed by atoms with van der Waals surface area (Å²) >= 11 is 5.35. The van der Waals surface area contributed by atoms with Gasteiger partial charge < -0.3 is 14.2 Å². The summed E-state index contributed by atoms with van der Waals surface area (Å²) in [6.45, 7) is 0. The maximum Gasteiger partial charge on any atom is 0.129 e. The van der Waals surface area contributed by atoms with Gasteiger partial charge in [-0.3, -0.25) is 0 Å². The van der Waals surface area contributed by atoms with E-state index in [1.54, 1.807) is 32.7 Å². The smallest absolute Gasteiger partial charge is 0.129 e. The number of methoxy groups -OCH3 is 3. The lowest BCUT2D eigenvalue weighted by Gasteiger charge is -2.14. The Bertz CT molecular complexity index is 553. The molecule has 0 fully saturated rings. The van der Waals surface area contributed by atoms with Crippen molar-refractivity contribution >= 4 is 27.3 Å². The van der Waals surface area contributed by atoms with Gasteiger partial charge in [-0.25, -0.2) is 0 Å². The van der Waals surface area contributed by atoms with Crippen molar-refractivity contribution in [3.05, 3.63) is 40.1 Å². The summed E-state index contributed by atoms with van der Waals surface area (Å²) in [6, 6.07) is 7.79. The first-order valence-corrected chi connectivity index (χ1v) is 7.47. The molecule has 0 N–H and O–H groups in total. The number of ether oxygens (including phenoxy) is 3. The molecule has 0 saturated carbocycles. The molecule has 102 valence electrons. The van der Waals surface area contributed by atoms with Crippen molar-refractivity contribution in [1.82, 2.24) is 0 Å². The van der Waals surface area contributed by atoms with Gasteiger partial charge in [0.2, 0.25) is 0 Å². The van der Waals surface area contributed by atoms with Crippen LogP contribution in [0.3, 0.4) is 0 Å². The summed E-state index contributed by atoms with van der Waals surface area (Å²) in [7, 11) is 4.99. The van der Waals surface area contributed by atoms with Gasteiger partial charge in [-0.2, -0.15) is 0 Å². The monoisotopic (exact) mass is 342 g/mol.